The van der Waals surface area contributed by atoms with Crippen LogP contribution in [0.5, 0.6) is 0 Å². The number of aromatic nitrogens is 1. The zero-order valence-electron chi connectivity index (χ0n) is 8.97. The van der Waals surface area contributed by atoms with E-state index in [0.29, 0.717) is 32.0 Å². The Morgan fingerprint density at radius 1 is 1.06 bits per heavy atom. The summed E-state index contributed by atoms with van der Waals surface area (Å²) >= 11 is 18.1. The van der Waals surface area contributed by atoms with Crippen LogP contribution in [0.25, 0.3) is 11.3 Å². The summed E-state index contributed by atoms with van der Waals surface area (Å²) in [6.45, 7) is 1.91. The van der Waals surface area contributed by atoms with Gasteiger partial charge in [0.25, 0.3) is 0 Å². The van der Waals surface area contributed by atoms with E-state index < -0.39 is 0 Å². The van der Waals surface area contributed by atoms with Gasteiger partial charge in [-0.2, -0.15) is 0 Å². The number of aryl methyl sites for hydroxylation is 1. The van der Waals surface area contributed by atoms with Crippen molar-refractivity contribution in [3.8, 4) is 11.3 Å². The molecule has 2 aromatic rings. The van der Waals surface area contributed by atoms with Gasteiger partial charge in [-0.05, 0) is 30.7 Å². The van der Waals surface area contributed by atoms with Gasteiger partial charge >= 0.3 is 0 Å². The van der Waals surface area contributed by atoms with E-state index in [9.17, 15) is 0 Å². The Balaban J connectivity index is 2.68. The largest absolute Gasteiger partial charge is 0.397 e. The lowest BCUT2D eigenvalue weighted by Gasteiger charge is -2.10. The van der Waals surface area contributed by atoms with E-state index in [2.05, 4.69) is 4.98 Å². The van der Waals surface area contributed by atoms with Gasteiger partial charge in [0.15, 0.2) is 0 Å². The van der Waals surface area contributed by atoms with Crippen LogP contribution >= 0.6 is 34.8 Å². The van der Waals surface area contributed by atoms with E-state index in [4.69, 9.17) is 40.5 Å². The number of anilines is 1. The van der Waals surface area contributed by atoms with E-state index >= 15 is 0 Å². The average Bonchev–Trinajstić information content (AvgIpc) is 2.19. The molecule has 17 heavy (non-hydrogen) atoms. The molecule has 0 spiro atoms. The molecule has 0 bridgehead atoms. The van der Waals surface area contributed by atoms with Crippen LogP contribution in [0.3, 0.4) is 0 Å². The van der Waals surface area contributed by atoms with Gasteiger partial charge in [0.2, 0.25) is 0 Å². The maximum absolute atomic E-state index is 6.12. The number of nitrogen functional groups attached to an aromatic ring is 1. The Morgan fingerprint density at radius 3 is 2.18 bits per heavy atom. The van der Waals surface area contributed by atoms with Gasteiger partial charge < -0.3 is 5.73 Å². The Kier molecular flexibility index (Phi) is 3.48. The molecule has 1 aromatic carbocycles. The summed E-state index contributed by atoms with van der Waals surface area (Å²) in [5, 5.41) is 1.35. The third-order valence-corrected chi connectivity index (χ3v) is 3.11. The molecule has 0 amide bonds. The molecule has 0 fully saturated rings. The van der Waals surface area contributed by atoms with Crippen molar-refractivity contribution >= 4 is 40.5 Å². The molecular formula is C12H9Cl3N2. The Bertz CT molecular complexity index is 559. The van der Waals surface area contributed by atoms with E-state index in [1.54, 1.807) is 18.3 Å². The highest BCUT2D eigenvalue weighted by Gasteiger charge is 2.14. The highest BCUT2D eigenvalue weighted by Crippen LogP contribution is 2.38. The van der Waals surface area contributed by atoms with Crippen molar-refractivity contribution in [3.63, 3.8) is 0 Å². The number of halogens is 3. The van der Waals surface area contributed by atoms with Gasteiger partial charge in [0.1, 0.15) is 0 Å². The van der Waals surface area contributed by atoms with Crippen molar-refractivity contribution in [2.75, 3.05) is 5.73 Å². The smallest absolute Gasteiger partial charge is 0.0961 e. The number of nitrogens with two attached hydrogens (primary N) is 1. The maximum Gasteiger partial charge on any atom is 0.0961 e. The molecule has 2 N–H and O–H groups in total. The van der Waals surface area contributed by atoms with Crippen LogP contribution in [0, 0.1) is 6.92 Å². The van der Waals surface area contributed by atoms with E-state index in [0.717, 1.165) is 5.56 Å². The molecule has 0 aliphatic rings. The first kappa shape index (κ1) is 12.5. The number of nitrogens with zero attached hydrogens (tertiary/aromatic N) is 1. The van der Waals surface area contributed by atoms with Gasteiger partial charge in [-0.1, -0.05) is 34.8 Å². The predicted molar refractivity (Wildman–Crippen MR) is 73.9 cm³/mol. The maximum atomic E-state index is 6.12. The minimum Gasteiger partial charge on any atom is -0.397 e. The van der Waals surface area contributed by atoms with Crippen LogP contribution in [0.15, 0.2) is 24.4 Å². The van der Waals surface area contributed by atoms with Crippen molar-refractivity contribution < 1.29 is 0 Å². The molecule has 2 nitrogen and oxygen atoms in total. The van der Waals surface area contributed by atoms with Gasteiger partial charge in [-0.25, -0.2) is 0 Å². The number of hydrogen-bond donors (Lipinski definition) is 1. The summed E-state index contributed by atoms with van der Waals surface area (Å²) in [5.41, 5.74) is 8.61. The second-order valence-electron chi connectivity index (χ2n) is 3.69. The standard InChI is InChI=1S/C12H9Cl3N2/c1-6-2-10(16)12(17-5-6)11-8(14)3-7(13)4-9(11)15/h2-5H,16H2,1H3. The second-order valence-corrected chi connectivity index (χ2v) is 4.95. The molecule has 0 atom stereocenters. The highest BCUT2D eigenvalue weighted by molar-refractivity contribution is 6.41. The third kappa shape index (κ3) is 2.49. The summed E-state index contributed by atoms with van der Waals surface area (Å²) < 4.78 is 0. The molecule has 5 heteroatoms. The summed E-state index contributed by atoms with van der Waals surface area (Å²) in [7, 11) is 0. The predicted octanol–water partition coefficient (Wildman–Crippen LogP) is 4.60. The molecule has 0 unspecified atom stereocenters. The lowest BCUT2D eigenvalue weighted by atomic mass is 10.1. The average molecular weight is 288 g/mol. The summed E-state index contributed by atoms with van der Waals surface area (Å²) in [6, 6.07) is 5.06. The quantitative estimate of drug-likeness (QED) is 0.832. The minimum atomic E-state index is 0.436. The lowest BCUT2D eigenvalue weighted by molar-refractivity contribution is 1.27. The number of hydrogen-bond acceptors (Lipinski definition) is 2. The molecule has 0 saturated carbocycles. The molecule has 1 aromatic heterocycles. The highest BCUT2D eigenvalue weighted by atomic mass is 35.5. The number of benzene rings is 1. The van der Waals surface area contributed by atoms with Gasteiger partial charge in [-0.3, -0.25) is 4.98 Å². The van der Waals surface area contributed by atoms with Crippen LogP contribution in [0.4, 0.5) is 5.69 Å². The molecule has 0 saturated heterocycles. The lowest BCUT2D eigenvalue weighted by Crippen LogP contribution is -1.95. The van der Waals surface area contributed by atoms with Crippen molar-refractivity contribution in [1.29, 1.82) is 0 Å². The fraction of sp³-hybridized carbons (Fsp3) is 0.0833. The fourth-order valence-corrected chi connectivity index (χ4v) is 2.57. The molecule has 1 heterocycles. The third-order valence-electron chi connectivity index (χ3n) is 2.30. The zero-order valence-corrected chi connectivity index (χ0v) is 11.2. The van der Waals surface area contributed by atoms with E-state index in [1.165, 1.54) is 0 Å². The van der Waals surface area contributed by atoms with E-state index in [1.807, 2.05) is 13.0 Å². The van der Waals surface area contributed by atoms with Gasteiger partial charge in [-0.15, -0.1) is 0 Å². The summed E-state index contributed by atoms with van der Waals surface area (Å²) in [6.07, 6.45) is 1.72. The van der Waals surface area contributed by atoms with Crippen molar-refractivity contribution in [1.82, 2.24) is 4.98 Å². The molecule has 88 valence electrons. The topological polar surface area (TPSA) is 38.9 Å². The Hall–Kier alpha value is -0.960. The molecule has 0 aliphatic carbocycles. The first-order chi connectivity index (χ1) is 7.99. The SMILES string of the molecule is Cc1cnc(-c2c(Cl)cc(Cl)cc2Cl)c(N)c1. The summed E-state index contributed by atoms with van der Waals surface area (Å²) in [4.78, 5) is 4.26. The Morgan fingerprint density at radius 2 is 1.65 bits per heavy atom. The van der Waals surface area contributed by atoms with Crippen LogP contribution in [0.1, 0.15) is 5.56 Å². The minimum absolute atomic E-state index is 0.436. The molecular weight excluding hydrogens is 279 g/mol. The second kappa shape index (κ2) is 4.73. The normalized spacial score (nSPS) is 10.6. The van der Waals surface area contributed by atoms with Crippen molar-refractivity contribution in [2.24, 2.45) is 0 Å². The van der Waals surface area contributed by atoms with E-state index in [-0.39, 0.29) is 0 Å². The van der Waals surface area contributed by atoms with Crippen LogP contribution < -0.4 is 5.73 Å². The van der Waals surface area contributed by atoms with Crippen molar-refractivity contribution in [3.05, 3.63) is 45.0 Å². The van der Waals surface area contributed by atoms with Crippen LogP contribution in [-0.4, -0.2) is 4.98 Å². The molecule has 0 aliphatic heterocycles. The molecule has 0 radical (unpaired) electrons. The first-order valence-corrected chi connectivity index (χ1v) is 5.99. The van der Waals surface area contributed by atoms with Gasteiger partial charge in [0.05, 0.1) is 21.4 Å². The summed E-state index contributed by atoms with van der Waals surface area (Å²) in [5.74, 6) is 0. The van der Waals surface area contributed by atoms with Gasteiger partial charge in [0, 0.05) is 16.8 Å². The number of rotatable bonds is 1. The fourth-order valence-electron chi connectivity index (χ4n) is 1.57. The first-order valence-electron chi connectivity index (χ1n) is 4.86. The van der Waals surface area contributed by atoms with Crippen molar-refractivity contribution in [2.45, 2.75) is 6.92 Å². The Labute approximate surface area is 114 Å². The van der Waals surface area contributed by atoms with Crippen LogP contribution in [-0.2, 0) is 0 Å². The monoisotopic (exact) mass is 286 g/mol. The number of pyridine rings is 1. The molecule has 2 rings (SSSR count). The van der Waals surface area contributed by atoms with Crippen LogP contribution in [0.2, 0.25) is 15.1 Å². The zero-order chi connectivity index (χ0) is 12.6.